The Morgan fingerprint density at radius 2 is 1.35 bits per heavy atom. The first-order valence-electron chi connectivity index (χ1n) is 8.12. The van der Waals surface area contributed by atoms with Crippen LogP contribution in [0.5, 0.6) is 17.2 Å². The Kier molecular flexibility index (Phi) is 7.30. The topological polar surface area (TPSA) is 97.1 Å². The number of benzene rings is 2. The Bertz CT molecular complexity index is 712. The van der Waals surface area contributed by atoms with E-state index in [1.165, 1.54) is 0 Å². The minimum Gasteiger partial charge on any atom is -0.494 e. The Morgan fingerprint density at radius 1 is 0.808 bits per heavy atom. The molecule has 0 bridgehead atoms. The highest BCUT2D eigenvalue weighted by Gasteiger charge is 2.08. The van der Waals surface area contributed by atoms with Crippen molar-refractivity contribution in [2.75, 3.05) is 26.4 Å². The molecule has 7 heteroatoms. The molecule has 0 saturated heterocycles. The maximum atomic E-state index is 11.9. The molecule has 0 fully saturated rings. The van der Waals surface area contributed by atoms with E-state index in [2.05, 4.69) is 0 Å². The van der Waals surface area contributed by atoms with Crippen molar-refractivity contribution in [3.05, 3.63) is 54.1 Å². The third-order valence-electron chi connectivity index (χ3n) is 3.19. The number of primary amides is 1. The molecule has 2 aromatic carbocycles. The van der Waals surface area contributed by atoms with Gasteiger partial charge in [-0.05, 0) is 55.5 Å². The normalized spacial score (nSPS) is 10.0. The molecule has 0 saturated carbocycles. The molecule has 7 nitrogen and oxygen atoms in total. The van der Waals surface area contributed by atoms with E-state index in [1.807, 2.05) is 19.1 Å². The van der Waals surface area contributed by atoms with Crippen LogP contribution < -0.4 is 19.9 Å². The van der Waals surface area contributed by atoms with Gasteiger partial charge in [-0.2, -0.15) is 0 Å². The summed E-state index contributed by atoms with van der Waals surface area (Å²) >= 11 is 0. The number of hydrogen-bond donors (Lipinski definition) is 1. The molecule has 0 spiro atoms. The molecule has 1 amide bonds. The van der Waals surface area contributed by atoms with E-state index in [1.54, 1.807) is 36.4 Å². The van der Waals surface area contributed by atoms with E-state index in [9.17, 15) is 9.59 Å². The Hall–Kier alpha value is -3.22. The van der Waals surface area contributed by atoms with Gasteiger partial charge in [-0.25, -0.2) is 4.79 Å². The zero-order valence-corrected chi connectivity index (χ0v) is 14.5. The summed E-state index contributed by atoms with van der Waals surface area (Å²) in [6.07, 6.45) is 0. The van der Waals surface area contributed by atoms with E-state index in [0.29, 0.717) is 23.7 Å². The van der Waals surface area contributed by atoms with Gasteiger partial charge in [-0.1, -0.05) is 0 Å². The van der Waals surface area contributed by atoms with E-state index in [4.69, 9.17) is 24.7 Å². The molecule has 0 atom stereocenters. The minimum atomic E-state index is -0.569. The predicted octanol–water partition coefficient (Wildman–Crippen LogP) is 2.19. The number of hydrogen-bond acceptors (Lipinski definition) is 6. The lowest BCUT2D eigenvalue weighted by atomic mass is 10.2. The maximum absolute atomic E-state index is 11.9. The van der Waals surface area contributed by atoms with Crippen molar-refractivity contribution >= 4 is 11.9 Å². The van der Waals surface area contributed by atoms with Gasteiger partial charge in [0.1, 0.15) is 30.5 Å². The summed E-state index contributed by atoms with van der Waals surface area (Å²) in [5.41, 5.74) is 5.37. The van der Waals surface area contributed by atoms with Crippen LogP contribution in [0.3, 0.4) is 0 Å². The van der Waals surface area contributed by atoms with E-state index >= 15 is 0 Å². The molecular weight excluding hydrogens is 338 g/mol. The first kappa shape index (κ1) is 19.1. The minimum absolute atomic E-state index is 0.117. The zero-order valence-electron chi connectivity index (χ0n) is 14.5. The summed E-state index contributed by atoms with van der Waals surface area (Å²) in [6, 6.07) is 13.4. The molecule has 0 aromatic heterocycles. The Labute approximate surface area is 151 Å². The first-order chi connectivity index (χ1) is 12.6. The fourth-order valence-electron chi connectivity index (χ4n) is 2.02. The lowest BCUT2D eigenvalue weighted by molar-refractivity contribution is -0.119. The van der Waals surface area contributed by atoms with Gasteiger partial charge in [0.05, 0.1) is 12.2 Å². The molecule has 0 heterocycles. The standard InChI is InChI=1S/C19H21NO6/c1-2-23-15-7-9-16(10-8-15)24-11-12-25-19(22)14-3-5-17(6-4-14)26-13-18(20)21/h3-10H,2,11-13H2,1H3,(H2,20,21). The molecule has 0 aliphatic rings. The van der Waals surface area contributed by atoms with Crippen LogP contribution in [0.1, 0.15) is 17.3 Å². The molecule has 0 aliphatic carbocycles. The van der Waals surface area contributed by atoms with Crippen molar-refractivity contribution in [2.45, 2.75) is 6.92 Å². The molecule has 0 radical (unpaired) electrons. The summed E-state index contributed by atoms with van der Waals surface area (Å²) in [4.78, 5) is 22.6. The summed E-state index contributed by atoms with van der Waals surface area (Å²) in [7, 11) is 0. The van der Waals surface area contributed by atoms with Crippen LogP contribution in [0.25, 0.3) is 0 Å². The highest BCUT2D eigenvalue weighted by molar-refractivity contribution is 5.89. The van der Waals surface area contributed by atoms with Crippen LogP contribution in [0.4, 0.5) is 0 Å². The van der Waals surface area contributed by atoms with Crippen molar-refractivity contribution in [1.29, 1.82) is 0 Å². The zero-order chi connectivity index (χ0) is 18.8. The van der Waals surface area contributed by atoms with Gasteiger partial charge in [0.15, 0.2) is 6.61 Å². The third kappa shape index (κ3) is 6.35. The van der Waals surface area contributed by atoms with Crippen LogP contribution in [0.2, 0.25) is 0 Å². The van der Waals surface area contributed by atoms with Crippen molar-refractivity contribution in [2.24, 2.45) is 5.73 Å². The number of nitrogens with two attached hydrogens (primary N) is 1. The van der Waals surface area contributed by atoms with Crippen LogP contribution >= 0.6 is 0 Å². The van der Waals surface area contributed by atoms with E-state index in [-0.39, 0.29) is 19.8 Å². The molecule has 138 valence electrons. The number of esters is 1. The largest absolute Gasteiger partial charge is 0.494 e. The summed E-state index contributed by atoms with van der Waals surface area (Å²) < 4.78 is 21.1. The van der Waals surface area contributed by atoms with Gasteiger partial charge >= 0.3 is 5.97 Å². The quantitative estimate of drug-likeness (QED) is 0.516. The van der Waals surface area contributed by atoms with Gasteiger partial charge in [0.25, 0.3) is 5.91 Å². The van der Waals surface area contributed by atoms with Gasteiger partial charge in [0, 0.05) is 0 Å². The number of carbonyl (C=O) groups excluding carboxylic acids is 2. The molecule has 2 N–H and O–H groups in total. The van der Waals surface area contributed by atoms with Crippen LogP contribution in [0, 0.1) is 0 Å². The number of carbonyl (C=O) groups is 2. The average Bonchev–Trinajstić information content (AvgIpc) is 2.65. The SMILES string of the molecule is CCOc1ccc(OCCOC(=O)c2ccc(OCC(N)=O)cc2)cc1. The van der Waals surface area contributed by atoms with E-state index in [0.717, 1.165) is 5.75 Å². The van der Waals surface area contributed by atoms with Crippen LogP contribution in [-0.4, -0.2) is 38.3 Å². The van der Waals surface area contributed by atoms with Gasteiger partial charge < -0.3 is 24.7 Å². The molecule has 0 aliphatic heterocycles. The molecule has 0 unspecified atom stereocenters. The van der Waals surface area contributed by atoms with Gasteiger partial charge in [-0.15, -0.1) is 0 Å². The van der Waals surface area contributed by atoms with Crippen molar-refractivity contribution in [1.82, 2.24) is 0 Å². The third-order valence-corrected chi connectivity index (χ3v) is 3.19. The smallest absolute Gasteiger partial charge is 0.338 e. The first-order valence-corrected chi connectivity index (χ1v) is 8.12. The summed E-state index contributed by atoms with van der Waals surface area (Å²) in [5.74, 6) is 0.844. The van der Waals surface area contributed by atoms with Crippen molar-refractivity contribution in [3.63, 3.8) is 0 Å². The average molecular weight is 359 g/mol. The highest BCUT2D eigenvalue weighted by atomic mass is 16.6. The number of amides is 1. The second kappa shape index (κ2) is 9.93. The lowest BCUT2D eigenvalue weighted by Gasteiger charge is -2.09. The van der Waals surface area contributed by atoms with Crippen LogP contribution in [0.15, 0.2) is 48.5 Å². The fraction of sp³-hybridized carbons (Fsp3) is 0.263. The van der Waals surface area contributed by atoms with Crippen LogP contribution in [-0.2, 0) is 9.53 Å². The van der Waals surface area contributed by atoms with Gasteiger partial charge in [0.2, 0.25) is 0 Å². The summed E-state index contributed by atoms with van der Waals surface area (Å²) in [5, 5.41) is 0. The monoisotopic (exact) mass is 359 g/mol. The molecular formula is C19H21NO6. The van der Waals surface area contributed by atoms with Gasteiger partial charge in [-0.3, -0.25) is 4.79 Å². The second-order valence-electron chi connectivity index (χ2n) is 5.17. The number of ether oxygens (including phenoxy) is 4. The maximum Gasteiger partial charge on any atom is 0.338 e. The predicted molar refractivity (Wildman–Crippen MR) is 94.5 cm³/mol. The van der Waals surface area contributed by atoms with Crippen molar-refractivity contribution < 1.29 is 28.5 Å². The van der Waals surface area contributed by atoms with E-state index < -0.39 is 11.9 Å². The molecule has 26 heavy (non-hydrogen) atoms. The Morgan fingerprint density at radius 3 is 1.92 bits per heavy atom. The molecule has 2 aromatic rings. The molecule has 2 rings (SSSR count). The Balaban J connectivity index is 1.71. The van der Waals surface area contributed by atoms with Crippen molar-refractivity contribution in [3.8, 4) is 17.2 Å². The fourth-order valence-corrected chi connectivity index (χ4v) is 2.02. The summed E-state index contributed by atoms with van der Waals surface area (Å²) in [6.45, 7) is 2.66. The second-order valence-corrected chi connectivity index (χ2v) is 5.17. The highest BCUT2D eigenvalue weighted by Crippen LogP contribution is 2.17. The lowest BCUT2D eigenvalue weighted by Crippen LogP contribution is -2.20. The number of rotatable bonds is 10.